The van der Waals surface area contributed by atoms with Gasteiger partial charge in [-0.1, -0.05) is 0 Å². The lowest BCUT2D eigenvalue weighted by Crippen LogP contribution is -2.52. The van der Waals surface area contributed by atoms with Crippen LogP contribution in [0.1, 0.15) is 45.7 Å². The first-order valence-electron chi connectivity index (χ1n) is 12.4. The summed E-state index contributed by atoms with van der Waals surface area (Å²) in [5.41, 5.74) is -3.87. The molecule has 2 aliphatic heterocycles. The summed E-state index contributed by atoms with van der Waals surface area (Å²) in [6.45, 7) is 5.98. The Morgan fingerprint density at radius 1 is 0.700 bits per heavy atom. The van der Waals surface area contributed by atoms with E-state index in [4.69, 9.17) is 9.47 Å². The molecule has 10 heteroatoms. The molecule has 0 bridgehead atoms. The molecule has 3 atom stereocenters. The van der Waals surface area contributed by atoms with Crippen molar-refractivity contribution in [1.29, 1.82) is 0 Å². The van der Waals surface area contributed by atoms with Gasteiger partial charge in [0.2, 0.25) is 23.0 Å². The molecule has 0 fully saturated rings. The second-order valence-corrected chi connectivity index (χ2v) is 10.6. The smallest absolute Gasteiger partial charge is 0.204 e. The van der Waals surface area contributed by atoms with E-state index in [2.05, 4.69) is 0 Å². The number of hydrogen-bond donors (Lipinski definition) is 5. The summed E-state index contributed by atoms with van der Waals surface area (Å²) in [6, 6.07) is 2.89. The molecule has 2 aliphatic carbocycles. The number of phenolic OH excluding ortho intramolecular Hbond substituents is 2. The van der Waals surface area contributed by atoms with E-state index in [-0.39, 0.29) is 44.9 Å². The van der Waals surface area contributed by atoms with Crippen molar-refractivity contribution in [3.8, 4) is 34.1 Å². The predicted molar refractivity (Wildman–Crippen MR) is 140 cm³/mol. The van der Waals surface area contributed by atoms with Crippen molar-refractivity contribution in [3.05, 3.63) is 81.4 Å². The minimum atomic E-state index is -1.79. The molecule has 5 N–H and O–H groups in total. The van der Waals surface area contributed by atoms with E-state index in [1.807, 2.05) is 0 Å². The maximum Gasteiger partial charge on any atom is 0.204 e. The van der Waals surface area contributed by atoms with Crippen LogP contribution < -0.4 is 9.47 Å². The molecule has 40 heavy (non-hydrogen) atoms. The van der Waals surface area contributed by atoms with Gasteiger partial charge in [0.1, 0.15) is 51.7 Å². The zero-order valence-electron chi connectivity index (χ0n) is 21.8. The van der Waals surface area contributed by atoms with Gasteiger partial charge in [0.25, 0.3) is 0 Å². The molecule has 2 heterocycles. The first kappa shape index (κ1) is 25.4. The number of ether oxygens (including phenoxy) is 2. The molecule has 6 rings (SSSR count). The van der Waals surface area contributed by atoms with E-state index in [1.54, 1.807) is 13.8 Å². The first-order chi connectivity index (χ1) is 18.7. The predicted octanol–water partition coefficient (Wildman–Crippen LogP) is 3.74. The largest absolute Gasteiger partial charge is 0.507 e. The zero-order chi connectivity index (χ0) is 29.0. The number of allylic oxidation sites excluding steroid dienone is 2. The lowest BCUT2D eigenvalue weighted by molar-refractivity contribution is -0.126. The Morgan fingerprint density at radius 2 is 1.20 bits per heavy atom. The van der Waals surface area contributed by atoms with Gasteiger partial charge < -0.3 is 35.0 Å². The van der Waals surface area contributed by atoms with Crippen LogP contribution in [-0.4, -0.2) is 60.2 Å². The van der Waals surface area contributed by atoms with Crippen molar-refractivity contribution in [3.63, 3.8) is 0 Å². The molecule has 0 amide bonds. The Bertz CT molecular complexity index is 1750. The number of aromatic hydroxyl groups is 2. The van der Waals surface area contributed by atoms with Crippen LogP contribution in [0.4, 0.5) is 0 Å². The fourth-order valence-electron chi connectivity index (χ4n) is 5.97. The highest BCUT2D eigenvalue weighted by molar-refractivity contribution is 6.22. The van der Waals surface area contributed by atoms with Gasteiger partial charge in [-0.2, -0.15) is 0 Å². The third-order valence-corrected chi connectivity index (χ3v) is 8.07. The van der Waals surface area contributed by atoms with Crippen molar-refractivity contribution in [2.45, 2.75) is 45.0 Å². The molecular weight excluding hydrogens is 520 g/mol. The van der Waals surface area contributed by atoms with Crippen LogP contribution in [0.3, 0.4) is 0 Å². The molecule has 0 radical (unpaired) electrons. The number of ketones is 3. The van der Waals surface area contributed by atoms with E-state index < -0.39 is 57.7 Å². The summed E-state index contributed by atoms with van der Waals surface area (Å²) in [5.74, 6) is -4.36. The average molecular weight is 545 g/mol. The Labute approximate surface area is 227 Å². The van der Waals surface area contributed by atoms with E-state index in [9.17, 15) is 39.9 Å². The van der Waals surface area contributed by atoms with E-state index >= 15 is 0 Å². The Kier molecular flexibility index (Phi) is 5.00. The number of hydrogen-bond acceptors (Lipinski definition) is 10. The number of benzene rings is 2. The van der Waals surface area contributed by atoms with Gasteiger partial charge in [0.15, 0.2) is 5.60 Å². The standard InChI is InChI=1S/C30H24O10/c1-11-9-15-21(27(37)23-13(31)5-7-17(33)29(23,3)39-15)25(35)19(11)20-12(2)10-16-22(26(20)36)28(38)24-14(32)6-8-18(34)30(24,4)40-16/h5-10,17,31-33,35-36H,1-4H3/t17-,29-,30-/m0/s1. The Hall–Kier alpha value is -4.83. The van der Waals surface area contributed by atoms with Gasteiger partial charge in [-0.25, -0.2) is 0 Å². The van der Waals surface area contributed by atoms with Gasteiger partial charge in [0, 0.05) is 11.1 Å². The molecule has 204 valence electrons. The third kappa shape index (κ3) is 2.99. The van der Waals surface area contributed by atoms with Crippen molar-refractivity contribution < 1.29 is 49.4 Å². The molecule has 0 aromatic heterocycles. The molecule has 10 nitrogen and oxygen atoms in total. The summed E-state index contributed by atoms with van der Waals surface area (Å²) in [6.07, 6.45) is 3.39. The van der Waals surface area contributed by atoms with Crippen molar-refractivity contribution >= 4 is 17.3 Å². The molecule has 4 aliphatic rings. The van der Waals surface area contributed by atoms with Gasteiger partial charge in [-0.15, -0.1) is 0 Å². The van der Waals surface area contributed by atoms with Crippen molar-refractivity contribution in [2.24, 2.45) is 0 Å². The molecule has 2 aromatic rings. The summed E-state index contributed by atoms with van der Waals surface area (Å²) < 4.78 is 11.9. The van der Waals surface area contributed by atoms with Crippen LogP contribution in [0.25, 0.3) is 11.1 Å². The lowest BCUT2D eigenvalue weighted by atomic mass is 9.76. The topological polar surface area (TPSA) is 171 Å². The van der Waals surface area contributed by atoms with Gasteiger partial charge in [-0.05, 0) is 75.3 Å². The summed E-state index contributed by atoms with van der Waals surface area (Å²) in [5, 5.41) is 54.4. The normalized spacial score (nSPS) is 26.6. The first-order valence-corrected chi connectivity index (χ1v) is 12.4. The second-order valence-electron chi connectivity index (χ2n) is 10.6. The van der Waals surface area contributed by atoms with Crippen LogP contribution in [-0.2, 0) is 4.79 Å². The fourth-order valence-corrected chi connectivity index (χ4v) is 5.97. The fraction of sp³-hybridized carbons (Fsp3) is 0.233. The highest BCUT2D eigenvalue weighted by Crippen LogP contribution is 2.54. The summed E-state index contributed by atoms with van der Waals surface area (Å²) in [4.78, 5) is 39.9. The van der Waals surface area contributed by atoms with E-state index in [0.29, 0.717) is 11.1 Å². The number of phenols is 2. The number of rotatable bonds is 1. The van der Waals surface area contributed by atoms with Crippen LogP contribution in [0.5, 0.6) is 23.0 Å². The van der Waals surface area contributed by atoms with Crippen LogP contribution >= 0.6 is 0 Å². The van der Waals surface area contributed by atoms with Crippen molar-refractivity contribution in [2.75, 3.05) is 0 Å². The average Bonchev–Trinajstić information content (AvgIpc) is 2.85. The van der Waals surface area contributed by atoms with Crippen LogP contribution in [0, 0.1) is 13.8 Å². The summed E-state index contributed by atoms with van der Waals surface area (Å²) in [7, 11) is 0. The molecule has 0 saturated heterocycles. The number of Topliss-reactive ketones (excluding diaryl/α,β-unsaturated/α-hetero) is 2. The van der Waals surface area contributed by atoms with E-state index in [0.717, 1.165) is 12.2 Å². The number of fused-ring (bicyclic) bond motifs is 4. The Morgan fingerprint density at radius 3 is 1.77 bits per heavy atom. The van der Waals surface area contributed by atoms with Crippen LogP contribution in [0.2, 0.25) is 0 Å². The van der Waals surface area contributed by atoms with E-state index in [1.165, 1.54) is 38.1 Å². The van der Waals surface area contributed by atoms with Crippen molar-refractivity contribution in [1.82, 2.24) is 0 Å². The van der Waals surface area contributed by atoms with Gasteiger partial charge >= 0.3 is 0 Å². The zero-order valence-corrected chi connectivity index (χ0v) is 21.8. The molecule has 0 saturated carbocycles. The second kappa shape index (κ2) is 7.86. The minimum Gasteiger partial charge on any atom is -0.507 e. The van der Waals surface area contributed by atoms with Gasteiger partial charge in [-0.3, -0.25) is 14.4 Å². The SMILES string of the molecule is Cc1cc2c(c(O)c1-c1c(C)cc3c(c1O)C(=O)C1=C(O)C=C[C@H](O)[C@]1(C)O3)C(=O)C1=C(O)C=CC(=O)[C@]1(C)O2. The minimum absolute atomic E-state index is 0.0118. The quantitative estimate of drug-likeness (QED) is 0.356. The monoisotopic (exact) mass is 544 g/mol. The number of carbonyl (C=O) groups is 3. The van der Waals surface area contributed by atoms with Crippen LogP contribution in [0.15, 0.2) is 59.1 Å². The lowest BCUT2D eigenvalue weighted by Gasteiger charge is -2.41. The summed E-state index contributed by atoms with van der Waals surface area (Å²) >= 11 is 0. The molecule has 2 aromatic carbocycles. The third-order valence-electron chi connectivity index (χ3n) is 8.07. The molecular formula is C30H24O10. The maximum atomic E-state index is 13.6. The maximum absolute atomic E-state index is 13.6. The van der Waals surface area contributed by atoms with Gasteiger partial charge in [0.05, 0.1) is 11.1 Å². The highest BCUT2D eigenvalue weighted by Gasteiger charge is 2.53. The highest BCUT2D eigenvalue weighted by atomic mass is 16.5. The Balaban J connectivity index is 1.59. The molecule has 0 unspecified atom stereocenters. The number of aliphatic hydroxyl groups is 3. The molecule has 0 spiro atoms. The number of carbonyl (C=O) groups excluding carboxylic acids is 3. The number of aryl methyl sites for hydroxylation is 2. The number of aliphatic hydroxyl groups excluding tert-OH is 3.